The third-order valence-electron chi connectivity index (χ3n) is 2.55. The summed E-state index contributed by atoms with van der Waals surface area (Å²) in [5, 5.41) is 12.8. The van der Waals surface area contributed by atoms with Gasteiger partial charge in [0.15, 0.2) is 0 Å². The Labute approximate surface area is 99.9 Å². The van der Waals surface area contributed by atoms with Crippen LogP contribution in [0.15, 0.2) is 17.6 Å². The standard InChI is InChI=1S/C12H17N3S/c1-3-5-13-7-10-8-14-15-11(10)12-9(2)4-6-16-12/h4,6,8,13H,3,5,7H2,1-2H3,(H,14,15). The quantitative estimate of drug-likeness (QED) is 0.782. The SMILES string of the molecule is CCCNCc1cn[nH]c1-c1sccc1C. The molecule has 0 aliphatic rings. The Kier molecular flexibility index (Phi) is 3.74. The lowest BCUT2D eigenvalue weighted by Crippen LogP contribution is -2.13. The van der Waals surface area contributed by atoms with E-state index < -0.39 is 0 Å². The van der Waals surface area contributed by atoms with Gasteiger partial charge in [0.05, 0.1) is 16.8 Å². The topological polar surface area (TPSA) is 40.7 Å². The van der Waals surface area contributed by atoms with Crippen molar-refractivity contribution in [2.24, 2.45) is 0 Å². The fourth-order valence-corrected chi connectivity index (χ4v) is 2.63. The van der Waals surface area contributed by atoms with Crippen molar-refractivity contribution < 1.29 is 0 Å². The van der Waals surface area contributed by atoms with Crippen molar-refractivity contribution in [1.82, 2.24) is 15.5 Å². The molecule has 0 fully saturated rings. The molecule has 0 amide bonds. The van der Waals surface area contributed by atoms with E-state index in [0.717, 1.165) is 25.2 Å². The van der Waals surface area contributed by atoms with Crippen LogP contribution in [0, 0.1) is 6.92 Å². The number of aromatic amines is 1. The van der Waals surface area contributed by atoms with Gasteiger partial charge in [-0.3, -0.25) is 5.10 Å². The molecule has 16 heavy (non-hydrogen) atoms. The normalized spacial score (nSPS) is 10.9. The minimum absolute atomic E-state index is 0.886. The van der Waals surface area contributed by atoms with E-state index in [4.69, 9.17) is 0 Å². The highest BCUT2D eigenvalue weighted by molar-refractivity contribution is 7.13. The van der Waals surface area contributed by atoms with Gasteiger partial charge in [-0.1, -0.05) is 6.92 Å². The zero-order valence-electron chi connectivity index (χ0n) is 9.71. The van der Waals surface area contributed by atoms with Gasteiger partial charge in [0.25, 0.3) is 0 Å². The summed E-state index contributed by atoms with van der Waals surface area (Å²) in [4.78, 5) is 1.30. The second-order valence-corrected chi connectivity index (χ2v) is 4.80. The molecule has 0 aromatic carbocycles. The minimum atomic E-state index is 0.886. The van der Waals surface area contributed by atoms with Crippen molar-refractivity contribution in [3.05, 3.63) is 28.8 Å². The summed E-state index contributed by atoms with van der Waals surface area (Å²) >= 11 is 1.76. The summed E-state index contributed by atoms with van der Waals surface area (Å²) in [6.07, 6.45) is 3.07. The Morgan fingerprint density at radius 3 is 3.06 bits per heavy atom. The van der Waals surface area contributed by atoms with Gasteiger partial charge in [0.2, 0.25) is 0 Å². The molecule has 0 unspecified atom stereocenters. The first-order chi connectivity index (χ1) is 7.83. The third-order valence-corrected chi connectivity index (χ3v) is 3.58. The molecule has 2 heterocycles. The second-order valence-electron chi connectivity index (χ2n) is 3.88. The monoisotopic (exact) mass is 235 g/mol. The zero-order valence-corrected chi connectivity index (χ0v) is 10.5. The largest absolute Gasteiger partial charge is 0.313 e. The molecule has 0 atom stereocenters. The van der Waals surface area contributed by atoms with Gasteiger partial charge in [0, 0.05) is 12.1 Å². The van der Waals surface area contributed by atoms with Crippen LogP contribution in [0.2, 0.25) is 0 Å². The molecule has 0 spiro atoms. The molecule has 0 saturated heterocycles. The fourth-order valence-electron chi connectivity index (χ4n) is 1.67. The first-order valence-electron chi connectivity index (χ1n) is 5.60. The molecule has 0 saturated carbocycles. The van der Waals surface area contributed by atoms with Crippen LogP contribution in [0.25, 0.3) is 10.6 Å². The number of nitrogens with zero attached hydrogens (tertiary/aromatic N) is 1. The molecule has 86 valence electrons. The maximum atomic E-state index is 4.14. The molecular weight excluding hydrogens is 218 g/mol. The van der Waals surface area contributed by atoms with Gasteiger partial charge >= 0.3 is 0 Å². The maximum Gasteiger partial charge on any atom is 0.0797 e. The second kappa shape index (κ2) is 5.27. The van der Waals surface area contributed by atoms with Crippen molar-refractivity contribution >= 4 is 11.3 Å². The van der Waals surface area contributed by atoms with Gasteiger partial charge in [-0.05, 0) is 36.9 Å². The molecule has 3 nitrogen and oxygen atoms in total. The molecule has 4 heteroatoms. The number of H-pyrrole nitrogens is 1. The Morgan fingerprint density at radius 2 is 2.38 bits per heavy atom. The summed E-state index contributed by atoms with van der Waals surface area (Å²) in [6.45, 7) is 6.24. The predicted octanol–water partition coefficient (Wildman–Crippen LogP) is 2.95. The van der Waals surface area contributed by atoms with E-state index in [1.807, 2.05) is 6.20 Å². The van der Waals surface area contributed by atoms with E-state index in [-0.39, 0.29) is 0 Å². The highest BCUT2D eigenvalue weighted by Crippen LogP contribution is 2.29. The molecule has 2 aromatic rings. The van der Waals surface area contributed by atoms with E-state index in [0.29, 0.717) is 0 Å². The summed E-state index contributed by atoms with van der Waals surface area (Å²) < 4.78 is 0. The third kappa shape index (κ3) is 2.33. The van der Waals surface area contributed by atoms with Crippen LogP contribution >= 0.6 is 11.3 Å². The van der Waals surface area contributed by atoms with E-state index in [9.17, 15) is 0 Å². The molecule has 0 aliphatic heterocycles. The van der Waals surface area contributed by atoms with Gasteiger partial charge in [-0.15, -0.1) is 11.3 Å². The average Bonchev–Trinajstić information content (AvgIpc) is 2.87. The van der Waals surface area contributed by atoms with Crippen LogP contribution in [0.5, 0.6) is 0 Å². The molecule has 0 aliphatic carbocycles. The number of hydrogen-bond acceptors (Lipinski definition) is 3. The van der Waals surface area contributed by atoms with E-state index in [1.54, 1.807) is 11.3 Å². The maximum absolute atomic E-state index is 4.14. The van der Waals surface area contributed by atoms with Gasteiger partial charge < -0.3 is 5.32 Å². The van der Waals surface area contributed by atoms with Crippen LogP contribution in [0.3, 0.4) is 0 Å². The van der Waals surface area contributed by atoms with Crippen LogP contribution in [-0.4, -0.2) is 16.7 Å². The smallest absolute Gasteiger partial charge is 0.0797 e. The number of nitrogens with one attached hydrogen (secondary N) is 2. The fraction of sp³-hybridized carbons (Fsp3) is 0.417. The van der Waals surface area contributed by atoms with E-state index >= 15 is 0 Å². The summed E-state index contributed by atoms with van der Waals surface area (Å²) in [5.41, 5.74) is 3.72. The minimum Gasteiger partial charge on any atom is -0.313 e. The van der Waals surface area contributed by atoms with Gasteiger partial charge in [0.1, 0.15) is 0 Å². The van der Waals surface area contributed by atoms with Crippen molar-refractivity contribution in [2.75, 3.05) is 6.54 Å². The van der Waals surface area contributed by atoms with E-state index in [1.165, 1.54) is 16.0 Å². The lowest BCUT2D eigenvalue weighted by molar-refractivity contribution is 0.676. The highest BCUT2D eigenvalue weighted by Gasteiger charge is 2.10. The number of aryl methyl sites for hydroxylation is 1. The van der Waals surface area contributed by atoms with Crippen LogP contribution in [0.4, 0.5) is 0 Å². The van der Waals surface area contributed by atoms with Crippen molar-refractivity contribution in [3.63, 3.8) is 0 Å². The Morgan fingerprint density at radius 1 is 1.50 bits per heavy atom. The van der Waals surface area contributed by atoms with Crippen molar-refractivity contribution in [1.29, 1.82) is 0 Å². The Balaban J connectivity index is 2.16. The first-order valence-corrected chi connectivity index (χ1v) is 6.48. The first kappa shape index (κ1) is 11.4. The van der Waals surface area contributed by atoms with Crippen LogP contribution < -0.4 is 5.32 Å². The average molecular weight is 235 g/mol. The molecule has 2 aromatic heterocycles. The molecule has 2 rings (SSSR count). The van der Waals surface area contributed by atoms with Crippen molar-refractivity contribution in [3.8, 4) is 10.6 Å². The molecular formula is C12H17N3S. The summed E-state index contributed by atoms with van der Waals surface area (Å²) in [6, 6.07) is 2.14. The Bertz CT molecular complexity index is 445. The van der Waals surface area contributed by atoms with Crippen LogP contribution in [0.1, 0.15) is 24.5 Å². The van der Waals surface area contributed by atoms with Crippen LogP contribution in [-0.2, 0) is 6.54 Å². The van der Waals surface area contributed by atoms with E-state index in [2.05, 4.69) is 40.8 Å². The number of rotatable bonds is 5. The van der Waals surface area contributed by atoms with Crippen molar-refractivity contribution in [2.45, 2.75) is 26.8 Å². The lowest BCUT2D eigenvalue weighted by atomic mass is 10.1. The Hall–Kier alpha value is -1.13. The van der Waals surface area contributed by atoms with Gasteiger partial charge in [-0.2, -0.15) is 5.10 Å². The number of thiophene rings is 1. The molecule has 0 bridgehead atoms. The molecule has 0 radical (unpaired) electrons. The molecule has 2 N–H and O–H groups in total. The zero-order chi connectivity index (χ0) is 11.4. The predicted molar refractivity (Wildman–Crippen MR) is 68.6 cm³/mol. The van der Waals surface area contributed by atoms with Gasteiger partial charge in [-0.25, -0.2) is 0 Å². The summed E-state index contributed by atoms with van der Waals surface area (Å²) in [5.74, 6) is 0. The lowest BCUT2D eigenvalue weighted by Gasteiger charge is -2.03. The highest BCUT2D eigenvalue weighted by atomic mass is 32.1. The number of hydrogen-bond donors (Lipinski definition) is 2. The number of aromatic nitrogens is 2. The summed E-state index contributed by atoms with van der Waals surface area (Å²) in [7, 11) is 0.